The third-order valence-electron chi connectivity index (χ3n) is 6.36. The van der Waals surface area contributed by atoms with E-state index in [0.29, 0.717) is 6.04 Å². The average Bonchev–Trinajstić information content (AvgIpc) is 2.53. The standard InChI is InChI=1S/C18H34N2/c19-14-17(13-15-7-2-1-3-8-15)20-12-6-10-16-9-4-5-11-18(16)20/h15-18H,1-14,19H2. The molecular weight excluding hydrogens is 244 g/mol. The zero-order valence-electron chi connectivity index (χ0n) is 13.2. The van der Waals surface area contributed by atoms with E-state index in [9.17, 15) is 0 Å². The molecule has 3 aliphatic rings. The van der Waals surface area contributed by atoms with Crippen molar-refractivity contribution in [3.05, 3.63) is 0 Å². The van der Waals surface area contributed by atoms with Crippen LogP contribution in [0.5, 0.6) is 0 Å². The number of likely N-dealkylation sites (tertiary alicyclic amines) is 1. The first kappa shape index (κ1) is 14.8. The van der Waals surface area contributed by atoms with Crippen molar-refractivity contribution in [2.24, 2.45) is 17.6 Å². The highest BCUT2D eigenvalue weighted by Crippen LogP contribution is 2.38. The number of hydrogen-bond donors (Lipinski definition) is 1. The van der Waals surface area contributed by atoms with Crippen molar-refractivity contribution in [1.29, 1.82) is 0 Å². The average molecular weight is 278 g/mol. The Morgan fingerprint density at radius 3 is 2.35 bits per heavy atom. The summed E-state index contributed by atoms with van der Waals surface area (Å²) in [5.41, 5.74) is 6.20. The summed E-state index contributed by atoms with van der Waals surface area (Å²) in [6.45, 7) is 2.22. The fourth-order valence-electron chi connectivity index (χ4n) is 5.29. The third-order valence-corrected chi connectivity index (χ3v) is 6.36. The maximum atomic E-state index is 6.20. The quantitative estimate of drug-likeness (QED) is 0.844. The van der Waals surface area contributed by atoms with E-state index >= 15 is 0 Å². The van der Waals surface area contributed by atoms with Gasteiger partial charge < -0.3 is 5.73 Å². The molecule has 20 heavy (non-hydrogen) atoms. The normalized spacial score (nSPS) is 34.6. The lowest BCUT2D eigenvalue weighted by Gasteiger charge is -2.48. The third kappa shape index (κ3) is 3.39. The Kier molecular flexibility index (Phi) is 5.39. The van der Waals surface area contributed by atoms with Crippen LogP contribution in [-0.2, 0) is 0 Å². The molecule has 0 aromatic rings. The van der Waals surface area contributed by atoms with E-state index in [-0.39, 0.29) is 0 Å². The lowest BCUT2D eigenvalue weighted by molar-refractivity contribution is 0.0182. The molecule has 3 atom stereocenters. The minimum absolute atomic E-state index is 0.684. The summed E-state index contributed by atoms with van der Waals surface area (Å²) in [4.78, 5) is 2.86. The van der Waals surface area contributed by atoms with Gasteiger partial charge in [0.25, 0.3) is 0 Å². The molecule has 0 spiro atoms. The van der Waals surface area contributed by atoms with Crippen LogP contribution >= 0.6 is 0 Å². The zero-order valence-corrected chi connectivity index (χ0v) is 13.2. The summed E-state index contributed by atoms with van der Waals surface area (Å²) in [5, 5.41) is 0. The van der Waals surface area contributed by atoms with Crippen LogP contribution in [0.1, 0.15) is 77.0 Å². The van der Waals surface area contributed by atoms with Gasteiger partial charge >= 0.3 is 0 Å². The van der Waals surface area contributed by atoms with Crippen LogP contribution in [0.15, 0.2) is 0 Å². The number of fused-ring (bicyclic) bond motifs is 1. The zero-order chi connectivity index (χ0) is 13.8. The Labute approximate surface area is 125 Å². The van der Waals surface area contributed by atoms with Crippen LogP contribution in [-0.4, -0.2) is 30.1 Å². The van der Waals surface area contributed by atoms with Gasteiger partial charge in [-0.25, -0.2) is 0 Å². The van der Waals surface area contributed by atoms with E-state index < -0.39 is 0 Å². The van der Waals surface area contributed by atoms with Crippen LogP contribution in [0.2, 0.25) is 0 Å². The smallest absolute Gasteiger partial charge is 0.0224 e. The summed E-state index contributed by atoms with van der Waals surface area (Å²) >= 11 is 0. The first-order valence-electron chi connectivity index (χ1n) is 9.34. The Bertz CT molecular complexity index is 283. The monoisotopic (exact) mass is 278 g/mol. The molecule has 2 N–H and O–H groups in total. The second kappa shape index (κ2) is 7.26. The highest BCUT2D eigenvalue weighted by Gasteiger charge is 2.36. The number of nitrogens with zero attached hydrogens (tertiary/aromatic N) is 1. The van der Waals surface area contributed by atoms with Gasteiger partial charge in [0, 0.05) is 18.6 Å². The molecule has 2 saturated carbocycles. The topological polar surface area (TPSA) is 29.3 Å². The minimum Gasteiger partial charge on any atom is -0.329 e. The molecule has 2 heteroatoms. The SMILES string of the molecule is NCC(CC1CCCCC1)N1CCCC2CCCCC21. The van der Waals surface area contributed by atoms with E-state index in [2.05, 4.69) is 4.90 Å². The van der Waals surface area contributed by atoms with Gasteiger partial charge in [-0.1, -0.05) is 44.9 Å². The highest BCUT2D eigenvalue weighted by atomic mass is 15.2. The summed E-state index contributed by atoms with van der Waals surface area (Å²) in [7, 11) is 0. The summed E-state index contributed by atoms with van der Waals surface area (Å²) in [6, 6.07) is 1.57. The van der Waals surface area contributed by atoms with E-state index in [1.54, 1.807) is 0 Å². The molecule has 2 aliphatic carbocycles. The minimum atomic E-state index is 0.684. The fourth-order valence-corrected chi connectivity index (χ4v) is 5.29. The maximum Gasteiger partial charge on any atom is 0.0224 e. The fraction of sp³-hybridized carbons (Fsp3) is 1.00. The van der Waals surface area contributed by atoms with Gasteiger partial charge in [0.2, 0.25) is 0 Å². The highest BCUT2D eigenvalue weighted by molar-refractivity contribution is 4.91. The number of nitrogens with two attached hydrogens (primary N) is 1. The van der Waals surface area contributed by atoms with E-state index in [4.69, 9.17) is 5.73 Å². The second-order valence-corrected chi connectivity index (χ2v) is 7.62. The summed E-state index contributed by atoms with van der Waals surface area (Å²) in [6.07, 6.45) is 17.5. The largest absolute Gasteiger partial charge is 0.329 e. The predicted molar refractivity (Wildman–Crippen MR) is 85.7 cm³/mol. The molecule has 3 unspecified atom stereocenters. The van der Waals surface area contributed by atoms with Gasteiger partial charge in [-0.05, 0) is 50.5 Å². The van der Waals surface area contributed by atoms with Gasteiger partial charge in [0.15, 0.2) is 0 Å². The van der Waals surface area contributed by atoms with Crippen molar-refractivity contribution in [3.8, 4) is 0 Å². The molecule has 116 valence electrons. The molecule has 0 amide bonds. The van der Waals surface area contributed by atoms with Crippen molar-refractivity contribution in [1.82, 2.24) is 4.90 Å². The first-order valence-corrected chi connectivity index (χ1v) is 9.34. The Morgan fingerprint density at radius 1 is 0.850 bits per heavy atom. The molecule has 2 nitrogen and oxygen atoms in total. The molecule has 1 saturated heterocycles. The van der Waals surface area contributed by atoms with Gasteiger partial charge in [0.05, 0.1) is 0 Å². The Hall–Kier alpha value is -0.0800. The van der Waals surface area contributed by atoms with E-state index in [1.807, 2.05) is 0 Å². The molecule has 3 fully saturated rings. The van der Waals surface area contributed by atoms with Crippen molar-refractivity contribution in [2.45, 2.75) is 89.1 Å². The van der Waals surface area contributed by atoms with Crippen LogP contribution < -0.4 is 5.73 Å². The van der Waals surface area contributed by atoms with Crippen LogP contribution in [0.25, 0.3) is 0 Å². The molecule has 3 rings (SSSR count). The van der Waals surface area contributed by atoms with Gasteiger partial charge in [0.1, 0.15) is 0 Å². The number of hydrogen-bond acceptors (Lipinski definition) is 2. The molecule has 0 bridgehead atoms. The van der Waals surface area contributed by atoms with Crippen molar-refractivity contribution < 1.29 is 0 Å². The molecular formula is C18H34N2. The second-order valence-electron chi connectivity index (χ2n) is 7.62. The molecule has 0 aromatic carbocycles. The van der Waals surface area contributed by atoms with Gasteiger partial charge in [-0.2, -0.15) is 0 Å². The van der Waals surface area contributed by atoms with E-state index in [1.165, 1.54) is 83.6 Å². The molecule has 0 radical (unpaired) electrons. The van der Waals surface area contributed by atoms with Gasteiger partial charge in [-0.15, -0.1) is 0 Å². The van der Waals surface area contributed by atoms with Gasteiger partial charge in [-0.3, -0.25) is 4.90 Å². The van der Waals surface area contributed by atoms with E-state index in [0.717, 1.165) is 24.4 Å². The Morgan fingerprint density at radius 2 is 1.55 bits per heavy atom. The summed E-state index contributed by atoms with van der Waals surface area (Å²) in [5.74, 6) is 1.97. The molecule has 0 aromatic heterocycles. The van der Waals surface area contributed by atoms with Crippen molar-refractivity contribution >= 4 is 0 Å². The summed E-state index contributed by atoms with van der Waals surface area (Å²) < 4.78 is 0. The molecule has 1 aliphatic heterocycles. The van der Waals surface area contributed by atoms with Crippen molar-refractivity contribution in [3.63, 3.8) is 0 Å². The Balaban J connectivity index is 1.61. The lowest BCUT2D eigenvalue weighted by Crippen LogP contribution is -2.54. The first-order chi connectivity index (χ1) is 9.88. The maximum absolute atomic E-state index is 6.20. The number of rotatable bonds is 4. The van der Waals surface area contributed by atoms with Crippen LogP contribution in [0.3, 0.4) is 0 Å². The van der Waals surface area contributed by atoms with Crippen LogP contribution in [0.4, 0.5) is 0 Å². The molecule has 1 heterocycles. The van der Waals surface area contributed by atoms with Crippen molar-refractivity contribution in [2.75, 3.05) is 13.1 Å². The lowest BCUT2D eigenvalue weighted by atomic mass is 9.76. The number of piperidine rings is 1. The van der Waals surface area contributed by atoms with Crippen LogP contribution in [0, 0.1) is 11.8 Å². The predicted octanol–water partition coefficient (Wildman–Crippen LogP) is 3.94.